The van der Waals surface area contributed by atoms with Gasteiger partial charge in [-0.1, -0.05) is 42.5 Å². The Bertz CT molecular complexity index is 1400. The molecule has 1 N–H and O–H groups in total. The van der Waals surface area contributed by atoms with Crippen LogP contribution < -0.4 is 5.32 Å². The van der Waals surface area contributed by atoms with E-state index in [0.717, 1.165) is 27.0 Å². The standard InChI is InChI=1S/C25H22N4O4S/c1-15-12-17(14-33-2)20-21-22(34-24(20)26-15)25(30)28(13-16-8-4-3-5-9-16)23(27-21)18-10-6-7-11-19(18)29(31)32/h3-12,23,27H,13-14H2,1-2H3. The van der Waals surface area contributed by atoms with Gasteiger partial charge in [0.1, 0.15) is 15.9 Å². The predicted octanol–water partition coefficient (Wildman–Crippen LogP) is 5.43. The quantitative estimate of drug-likeness (QED) is 0.296. The van der Waals surface area contributed by atoms with Gasteiger partial charge in [0.15, 0.2) is 0 Å². The molecule has 9 heteroatoms. The lowest BCUT2D eigenvalue weighted by atomic mass is 10.0. The summed E-state index contributed by atoms with van der Waals surface area (Å²) in [5.41, 5.74) is 3.72. The molecule has 1 unspecified atom stereocenters. The number of carbonyl (C=O) groups is 1. The van der Waals surface area contributed by atoms with Crippen molar-refractivity contribution >= 4 is 38.8 Å². The average Bonchev–Trinajstić information content (AvgIpc) is 3.20. The van der Waals surface area contributed by atoms with Gasteiger partial charge in [0.05, 0.1) is 22.8 Å². The second-order valence-corrected chi connectivity index (χ2v) is 9.12. The Morgan fingerprint density at radius 3 is 2.65 bits per heavy atom. The van der Waals surface area contributed by atoms with Crippen molar-refractivity contribution in [1.82, 2.24) is 9.88 Å². The second kappa shape index (κ2) is 8.85. The van der Waals surface area contributed by atoms with E-state index in [1.54, 1.807) is 30.2 Å². The van der Waals surface area contributed by atoms with Crippen molar-refractivity contribution < 1.29 is 14.5 Å². The summed E-state index contributed by atoms with van der Waals surface area (Å²) in [7, 11) is 1.62. The Balaban J connectivity index is 1.71. The average molecular weight is 475 g/mol. The molecular formula is C25H22N4O4S. The maximum Gasteiger partial charge on any atom is 0.276 e. The minimum absolute atomic E-state index is 0.0417. The number of hydrogen-bond donors (Lipinski definition) is 1. The smallest absolute Gasteiger partial charge is 0.276 e. The van der Waals surface area contributed by atoms with Crippen molar-refractivity contribution in [3.05, 3.63) is 98.0 Å². The topological polar surface area (TPSA) is 97.6 Å². The van der Waals surface area contributed by atoms with Gasteiger partial charge in [-0.15, -0.1) is 11.3 Å². The van der Waals surface area contributed by atoms with Gasteiger partial charge in [-0.25, -0.2) is 4.98 Å². The first-order valence-electron chi connectivity index (χ1n) is 10.7. The number of nitro benzene ring substituents is 1. The second-order valence-electron chi connectivity index (χ2n) is 8.12. The fourth-order valence-electron chi connectivity index (χ4n) is 4.41. The van der Waals surface area contributed by atoms with Crippen molar-refractivity contribution in [3.63, 3.8) is 0 Å². The number of thiophene rings is 1. The number of amides is 1. The molecule has 5 rings (SSSR count). The zero-order valence-electron chi connectivity index (χ0n) is 18.6. The Labute approximate surface area is 200 Å². The number of nitrogens with one attached hydrogen (secondary N) is 1. The molecule has 0 fully saturated rings. The number of methoxy groups -OCH3 is 1. The highest BCUT2D eigenvalue weighted by atomic mass is 32.1. The van der Waals surface area contributed by atoms with Crippen molar-refractivity contribution in [2.45, 2.75) is 26.2 Å². The number of anilines is 1. The largest absolute Gasteiger partial charge is 0.380 e. The predicted molar refractivity (Wildman–Crippen MR) is 131 cm³/mol. The molecule has 0 bridgehead atoms. The number of pyridine rings is 1. The number of para-hydroxylation sites is 1. The van der Waals surface area contributed by atoms with Gasteiger partial charge in [0.2, 0.25) is 0 Å². The minimum atomic E-state index is -0.726. The van der Waals surface area contributed by atoms with E-state index in [9.17, 15) is 14.9 Å². The third-order valence-electron chi connectivity index (χ3n) is 5.84. The summed E-state index contributed by atoms with van der Waals surface area (Å²) >= 11 is 1.33. The molecule has 1 aliphatic rings. The lowest BCUT2D eigenvalue weighted by Gasteiger charge is -2.37. The lowest BCUT2D eigenvalue weighted by molar-refractivity contribution is -0.385. The van der Waals surface area contributed by atoms with Crippen LogP contribution in [0.25, 0.3) is 10.2 Å². The Hall–Kier alpha value is -3.82. The van der Waals surface area contributed by atoms with Crippen molar-refractivity contribution in [2.75, 3.05) is 12.4 Å². The molecule has 3 heterocycles. The molecular weight excluding hydrogens is 452 g/mol. The molecule has 0 aliphatic carbocycles. The third kappa shape index (κ3) is 3.78. The number of aryl methyl sites for hydroxylation is 1. The first kappa shape index (κ1) is 22.0. The van der Waals surface area contributed by atoms with E-state index in [4.69, 9.17) is 4.74 Å². The zero-order valence-corrected chi connectivity index (χ0v) is 19.5. The molecule has 2 aromatic carbocycles. The molecule has 2 aromatic heterocycles. The van der Waals surface area contributed by atoms with Gasteiger partial charge >= 0.3 is 0 Å². The highest BCUT2D eigenvalue weighted by Gasteiger charge is 2.39. The summed E-state index contributed by atoms with van der Waals surface area (Å²) in [4.78, 5) is 32.9. The number of ether oxygens (including phenoxy) is 1. The number of carbonyl (C=O) groups excluding carboxylic acids is 1. The van der Waals surface area contributed by atoms with E-state index in [2.05, 4.69) is 10.3 Å². The summed E-state index contributed by atoms with van der Waals surface area (Å²) in [6, 6.07) is 18.1. The number of aromatic nitrogens is 1. The van der Waals surface area contributed by atoms with Crippen LogP contribution in [-0.2, 0) is 17.9 Å². The molecule has 0 radical (unpaired) electrons. The Kier molecular flexibility index (Phi) is 5.72. The maximum absolute atomic E-state index is 13.9. The van der Waals surface area contributed by atoms with Gasteiger partial charge in [0, 0.05) is 30.8 Å². The first-order valence-corrected chi connectivity index (χ1v) is 11.6. The first-order chi connectivity index (χ1) is 16.5. The Morgan fingerprint density at radius 1 is 1.18 bits per heavy atom. The highest BCUT2D eigenvalue weighted by molar-refractivity contribution is 7.21. The van der Waals surface area contributed by atoms with Gasteiger partial charge in [-0.05, 0) is 30.2 Å². The summed E-state index contributed by atoms with van der Waals surface area (Å²) in [5.74, 6) is -0.190. The lowest BCUT2D eigenvalue weighted by Crippen LogP contribution is -2.42. The normalized spacial score (nSPS) is 15.3. The van der Waals surface area contributed by atoms with Crippen LogP contribution in [0.5, 0.6) is 0 Å². The molecule has 1 amide bonds. The number of rotatable bonds is 6. The van der Waals surface area contributed by atoms with Crippen LogP contribution in [0, 0.1) is 17.0 Å². The molecule has 172 valence electrons. The van der Waals surface area contributed by atoms with Gasteiger partial charge in [-0.2, -0.15) is 0 Å². The monoisotopic (exact) mass is 474 g/mol. The number of fused-ring (bicyclic) bond motifs is 3. The molecule has 0 spiro atoms. The molecule has 1 atom stereocenters. The van der Waals surface area contributed by atoms with Crippen molar-refractivity contribution in [1.29, 1.82) is 0 Å². The molecule has 1 aliphatic heterocycles. The Morgan fingerprint density at radius 2 is 1.91 bits per heavy atom. The summed E-state index contributed by atoms with van der Waals surface area (Å²) in [6.45, 7) is 2.57. The highest BCUT2D eigenvalue weighted by Crippen LogP contribution is 2.45. The van der Waals surface area contributed by atoms with Crippen molar-refractivity contribution in [2.24, 2.45) is 0 Å². The molecule has 4 aromatic rings. The van der Waals surface area contributed by atoms with E-state index in [1.165, 1.54) is 17.4 Å². The fourth-order valence-corrected chi connectivity index (χ4v) is 5.59. The molecule has 0 saturated carbocycles. The van der Waals surface area contributed by atoms with Crippen LogP contribution in [0.2, 0.25) is 0 Å². The number of benzene rings is 2. The van der Waals surface area contributed by atoms with Gasteiger partial charge in [-0.3, -0.25) is 14.9 Å². The fraction of sp³-hybridized carbons (Fsp3) is 0.200. The minimum Gasteiger partial charge on any atom is -0.380 e. The van der Waals surface area contributed by atoms with Crippen LogP contribution in [0.1, 0.15) is 38.2 Å². The number of nitro groups is 1. The van der Waals surface area contributed by atoms with Crippen LogP contribution in [-0.4, -0.2) is 27.8 Å². The molecule has 34 heavy (non-hydrogen) atoms. The van der Waals surface area contributed by atoms with Gasteiger partial charge < -0.3 is 15.0 Å². The van der Waals surface area contributed by atoms with E-state index < -0.39 is 11.1 Å². The molecule has 8 nitrogen and oxygen atoms in total. The zero-order chi connectivity index (χ0) is 23.8. The third-order valence-corrected chi connectivity index (χ3v) is 6.91. The summed E-state index contributed by atoms with van der Waals surface area (Å²) < 4.78 is 5.40. The van der Waals surface area contributed by atoms with E-state index in [0.29, 0.717) is 29.3 Å². The summed E-state index contributed by atoms with van der Waals surface area (Å²) in [6.07, 6.45) is -0.726. The number of hydrogen-bond acceptors (Lipinski definition) is 7. The maximum atomic E-state index is 13.9. The van der Waals surface area contributed by atoms with Gasteiger partial charge in [0.25, 0.3) is 11.6 Å². The van der Waals surface area contributed by atoms with Crippen molar-refractivity contribution in [3.8, 4) is 0 Å². The van der Waals surface area contributed by atoms with E-state index in [-0.39, 0.29) is 11.6 Å². The summed E-state index contributed by atoms with van der Waals surface area (Å²) in [5, 5.41) is 16.1. The SMILES string of the molecule is COCc1cc(C)nc2sc3c(c12)NC(c1ccccc1[N+](=O)[O-])N(Cc1ccccc1)C3=O. The van der Waals surface area contributed by atoms with Crippen LogP contribution in [0.15, 0.2) is 60.7 Å². The van der Waals surface area contributed by atoms with Crippen LogP contribution >= 0.6 is 11.3 Å². The van der Waals surface area contributed by atoms with Crippen LogP contribution in [0.4, 0.5) is 11.4 Å². The number of nitrogens with zero attached hydrogens (tertiary/aromatic N) is 3. The van der Waals surface area contributed by atoms with Crippen LogP contribution in [0.3, 0.4) is 0 Å². The van der Waals surface area contributed by atoms with E-state index in [1.807, 2.05) is 43.3 Å². The molecule has 0 saturated heterocycles. The van der Waals surface area contributed by atoms with E-state index >= 15 is 0 Å².